The van der Waals surface area contributed by atoms with Crippen molar-refractivity contribution in [2.45, 2.75) is 0 Å². The van der Waals surface area contributed by atoms with Crippen molar-refractivity contribution in [1.29, 1.82) is 0 Å². The zero-order valence-electron chi connectivity index (χ0n) is 2.70. The molecule has 1 atom stereocenters. The maximum Gasteiger partial charge on any atom is 0.268 e. The third kappa shape index (κ3) is 36.0. The second-order valence-corrected chi connectivity index (χ2v) is 18.8. The molecule has 0 amide bonds. The van der Waals surface area contributed by atoms with Gasteiger partial charge in [-0.3, -0.25) is 4.57 Å². The van der Waals surface area contributed by atoms with Crippen LogP contribution < -0.4 is 0 Å². The summed E-state index contributed by atoms with van der Waals surface area (Å²) < 4.78 is 7.76. The summed E-state index contributed by atoms with van der Waals surface area (Å²) in [4.78, 5) is 0. The highest BCUT2D eigenvalue weighted by Gasteiger charge is 2.00. The molecule has 0 spiro atoms. The molecule has 40 valence electrons. The van der Waals surface area contributed by atoms with Crippen LogP contribution in [0.4, 0.5) is 0 Å². The van der Waals surface area contributed by atoms with Crippen molar-refractivity contribution in [1.82, 2.24) is 0 Å². The van der Waals surface area contributed by atoms with Crippen LogP contribution in [0.5, 0.6) is 0 Å². The van der Waals surface area contributed by atoms with E-state index in [0.29, 0.717) is 0 Å². The standard InChI is InChI=1S/Br3OP.H3P/c1-5(2,3)4;/h;1H3. The highest BCUT2D eigenvalue weighted by Crippen LogP contribution is 2.68. The minimum Gasteiger partial charge on any atom is -0.287 e. The maximum absolute atomic E-state index is 9.97. The van der Waals surface area contributed by atoms with Gasteiger partial charge in [-0.15, -0.1) is 0 Å². The van der Waals surface area contributed by atoms with E-state index in [1.807, 2.05) is 0 Å². The van der Waals surface area contributed by atoms with Crippen molar-refractivity contribution in [3.63, 3.8) is 0 Å². The van der Waals surface area contributed by atoms with Gasteiger partial charge < -0.3 is 0 Å². The second kappa shape index (κ2) is 4.03. The van der Waals surface area contributed by atoms with Crippen LogP contribution in [-0.2, 0) is 4.57 Å². The first-order valence-electron chi connectivity index (χ1n) is 0.690. The fraction of sp³-hybridized carbons (Fsp3) is 0. The van der Waals surface area contributed by atoms with Gasteiger partial charge in [0.15, 0.2) is 0 Å². The van der Waals surface area contributed by atoms with Crippen LogP contribution in [-0.4, -0.2) is 0 Å². The molecule has 0 aliphatic heterocycles. The van der Waals surface area contributed by atoms with E-state index in [1.165, 1.54) is 0 Å². The average Bonchev–Trinajstić information content (AvgIpc) is 0.722. The smallest absolute Gasteiger partial charge is 0.268 e. The largest absolute Gasteiger partial charge is 0.287 e. The molecule has 6 heavy (non-hydrogen) atoms. The minimum absolute atomic E-state index is 0. The second-order valence-electron chi connectivity index (χ2n) is 0.399. The van der Waals surface area contributed by atoms with Crippen LogP contribution in [0.1, 0.15) is 0 Å². The summed E-state index contributed by atoms with van der Waals surface area (Å²) in [7, 11) is 0. The molecule has 0 aromatic heterocycles. The van der Waals surface area contributed by atoms with Crippen molar-refractivity contribution in [3.8, 4) is 0 Å². The summed E-state index contributed by atoms with van der Waals surface area (Å²) in [5, 5.41) is 0. The topological polar surface area (TPSA) is 17.1 Å². The highest BCUT2D eigenvalue weighted by atomic mass is 80.0. The summed E-state index contributed by atoms with van der Waals surface area (Å²) in [5.41, 5.74) is 0. The fourth-order valence-corrected chi connectivity index (χ4v) is 0. The van der Waals surface area contributed by atoms with E-state index in [4.69, 9.17) is 0 Å². The van der Waals surface area contributed by atoms with Crippen LogP contribution in [0.3, 0.4) is 0 Å². The molecule has 0 N–H and O–H groups in total. The van der Waals surface area contributed by atoms with Crippen LogP contribution >= 0.6 is 59.6 Å². The Hall–Kier alpha value is 2.10. The van der Waals surface area contributed by atoms with E-state index in [9.17, 15) is 4.57 Å². The van der Waals surface area contributed by atoms with E-state index in [2.05, 4.69) is 46.5 Å². The Bertz CT molecular complexity index is 54.9. The van der Waals surface area contributed by atoms with E-state index in [1.54, 1.807) is 0 Å². The van der Waals surface area contributed by atoms with Gasteiger partial charge in [0, 0.05) is 46.5 Å². The lowest BCUT2D eigenvalue weighted by Gasteiger charge is -1.76. The van der Waals surface area contributed by atoms with Gasteiger partial charge in [0.1, 0.15) is 0 Å². The Labute approximate surface area is 63.9 Å². The molecule has 6 heteroatoms. The Morgan fingerprint density at radius 1 is 1.17 bits per heavy atom. The van der Waals surface area contributed by atoms with Gasteiger partial charge in [0.25, 0.3) is 3.25 Å². The summed E-state index contributed by atoms with van der Waals surface area (Å²) in [5.74, 6) is 0. The molecule has 1 nitrogen and oxygen atoms in total. The van der Waals surface area contributed by atoms with Crippen LogP contribution in [0, 0.1) is 0 Å². The molecule has 0 saturated heterocycles. The minimum atomic E-state index is -2.20. The lowest BCUT2D eigenvalue weighted by molar-refractivity contribution is 0.603. The monoisotopic (exact) mass is 318 g/mol. The fourth-order valence-electron chi connectivity index (χ4n) is 0. The first kappa shape index (κ1) is 11.0. The normalized spacial score (nSPS) is 9.83. The van der Waals surface area contributed by atoms with Crippen LogP contribution in [0.15, 0.2) is 0 Å². The molecule has 0 aromatic carbocycles. The van der Waals surface area contributed by atoms with Gasteiger partial charge in [0.05, 0.1) is 0 Å². The van der Waals surface area contributed by atoms with Crippen LogP contribution in [0.25, 0.3) is 0 Å². The molecule has 0 heterocycles. The first-order chi connectivity index (χ1) is 2.00. The first-order valence-corrected chi connectivity index (χ1v) is 8.45. The van der Waals surface area contributed by atoms with E-state index in [0.717, 1.165) is 0 Å². The van der Waals surface area contributed by atoms with Gasteiger partial charge >= 0.3 is 0 Å². The lowest BCUT2D eigenvalue weighted by atomic mass is 16.0. The summed E-state index contributed by atoms with van der Waals surface area (Å²) in [6.07, 6.45) is 0. The SMILES string of the molecule is O=P(Br)(Br)Br.P. The number of halogens is 3. The molecule has 0 aromatic rings. The molecular weight excluding hydrogens is 318 g/mol. The maximum atomic E-state index is 9.97. The van der Waals surface area contributed by atoms with E-state index < -0.39 is 3.25 Å². The van der Waals surface area contributed by atoms with Gasteiger partial charge in [0.2, 0.25) is 0 Å². The van der Waals surface area contributed by atoms with Crippen molar-refractivity contribution in [3.05, 3.63) is 0 Å². The third-order valence-electron chi connectivity index (χ3n) is 0. The lowest BCUT2D eigenvalue weighted by Crippen LogP contribution is -1.14. The van der Waals surface area contributed by atoms with Crippen molar-refractivity contribution < 1.29 is 4.57 Å². The predicted molar refractivity (Wildman–Crippen MR) is 45.5 cm³/mol. The third-order valence-corrected chi connectivity index (χ3v) is 0. The van der Waals surface area contributed by atoms with Gasteiger partial charge in [-0.05, 0) is 0 Å². The zero-order valence-corrected chi connectivity index (χ0v) is 9.76. The van der Waals surface area contributed by atoms with Crippen molar-refractivity contribution in [2.24, 2.45) is 0 Å². The Balaban J connectivity index is 0. The quantitative estimate of drug-likeness (QED) is 0.626. The van der Waals surface area contributed by atoms with Gasteiger partial charge in [-0.2, -0.15) is 9.90 Å². The summed E-state index contributed by atoms with van der Waals surface area (Å²) in [6.45, 7) is 0. The molecule has 0 aliphatic carbocycles. The molecule has 0 bridgehead atoms. The number of rotatable bonds is 0. The molecule has 1 unspecified atom stereocenters. The molecule has 0 aliphatic rings. The number of hydrogen-bond acceptors (Lipinski definition) is 1. The Morgan fingerprint density at radius 3 is 1.17 bits per heavy atom. The van der Waals surface area contributed by atoms with Crippen molar-refractivity contribution in [2.75, 3.05) is 0 Å². The Morgan fingerprint density at radius 2 is 1.17 bits per heavy atom. The average molecular weight is 321 g/mol. The van der Waals surface area contributed by atoms with Gasteiger partial charge in [-0.1, -0.05) is 0 Å². The predicted octanol–water partition coefficient (Wildman–Crippen LogP) is 3.34. The summed E-state index contributed by atoms with van der Waals surface area (Å²) in [6, 6.07) is 0. The highest BCUT2D eigenvalue weighted by molar-refractivity contribution is 9.94. The number of hydrogen-bond donors (Lipinski definition) is 0. The Kier molecular flexibility index (Phi) is 7.36. The molecule has 0 saturated carbocycles. The van der Waals surface area contributed by atoms with Crippen LogP contribution in [0.2, 0.25) is 0 Å². The zero-order chi connectivity index (χ0) is 4.50. The van der Waals surface area contributed by atoms with Crippen molar-refractivity contribution >= 4 is 59.6 Å². The molecule has 0 fully saturated rings. The molecule has 0 radical (unpaired) electrons. The van der Waals surface area contributed by atoms with E-state index in [-0.39, 0.29) is 9.90 Å². The summed E-state index contributed by atoms with van der Waals surface area (Å²) >= 11 is 8.29. The van der Waals surface area contributed by atoms with Gasteiger partial charge in [-0.25, -0.2) is 0 Å². The molecule has 0 rings (SSSR count). The molecular formula is H3Br3OP2. The van der Waals surface area contributed by atoms with E-state index >= 15 is 0 Å².